The Bertz CT molecular complexity index is 750. The van der Waals surface area contributed by atoms with Crippen LogP contribution in [0.15, 0.2) is 40.9 Å². The summed E-state index contributed by atoms with van der Waals surface area (Å²) in [4.78, 5) is 24.0. The fraction of sp³-hybridized carbons (Fsp3) is 0.222. The Balaban J connectivity index is 1.97. The highest BCUT2D eigenvalue weighted by Crippen LogP contribution is 2.25. The first-order valence-corrected chi connectivity index (χ1v) is 8.08. The van der Waals surface area contributed by atoms with E-state index in [1.165, 1.54) is 7.11 Å². The molecule has 0 saturated heterocycles. The number of aryl methyl sites for hydroxylation is 2. The Morgan fingerprint density at radius 1 is 1.12 bits per heavy atom. The molecule has 2 rings (SSSR count). The Morgan fingerprint density at radius 3 is 2.38 bits per heavy atom. The second-order valence-electron chi connectivity index (χ2n) is 5.25. The van der Waals surface area contributed by atoms with Crippen molar-refractivity contribution < 1.29 is 19.1 Å². The minimum absolute atomic E-state index is 0.281. The number of methoxy groups -OCH3 is 1. The number of carbonyl (C=O) groups excluding carboxylic acids is 2. The van der Waals surface area contributed by atoms with E-state index in [0.29, 0.717) is 11.4 Å². The van der Waals surface area contributed by atoms with E-state index in [0.717, 1.165) is 15.6 Å². The van der Waals surface area contributed by atoms with Gasteiger partial charge in [-0.05, 0) is 49.2 Å². The summed E-state index contributed by atoms with van der Waals surface area (Å²) in [6.07, 6.45) is 0. The lowest BCUT2D eigenvalue weighted by Crippen LogP contribution is -2.21. The molecule has 1 N–H and O–H groups in total. The highest BCUT2D eigenvalue weighted by atomic mass is 79.9. The summed E-state index contributed by atoms with van der Waals surface area (Å²) in [5, 5.41) is 2.72. The lowest BCUT2D eigenvalue weighted by atomic mass is 10.1. The van der Waals surface area contributed by atoms with Crippen molar-refractivity contribution in [3.05, 3.63) is 57.6 Å². The van der Waals surface area contributed by atoms with E-state index in [1.807, 2.05) is 26.0 Å². The molecular formula is C18H18BrNO4. The first kappa shape index (κ1) is 18.0. The van der Waals surface area contributed by atoms with Gasteiger partial charge < -0.3 is 14.8 Å². The second-order valence-corrected chi connectivity index (χ2v) is 6.04. The van der Waals surface area contributed by atoms with E-state index in [4.69, 9.17) is 9.47 Å². The van der Waals surface area contributed by atoms with Gasteiger partial charge in [-0.2, -0.15) is 0 Å². The van der Waals surface area contributed by atoms with Gasteiger partial charge in [0.25, 0.3) is 5.91 Å². The summed E-state index contributed by atoms with van der Waals surface area (Å²) in [6.45, 7) is 3.51. The summed E-state index contributed by atoms with van der Waals surface area (Å²) in [5.74, 6) is -0.604. The van der Waals surface area contributed by atoms with Crippen molar-refractivity contribution in [3.63, 3.8) is 0 Å². The van der Waals surface area contributed by atoms with E-state index in [2.05, 4.69) is 21.2 Å². The average Bonchev–Trinajstić information content (AvgIpc) is 2.57. The van der Waals surface area contributed by atoms with Crippen molar-refractivity contribution >= 4 is 33.5 Å². The van der Waals surface area contributed by atoms with E-state index in [1.54, 1.807) is 24.3 Å². The molecule has 0 aliphatic carbocycles. The van der Waals surface area contributed by atoms with Crippen molar-refractivity contribution in [2.24, 2.45) is 0 Å². The SMILES string of the molecule is COc1ccccc1C(=O)OCC(=O)Nc1cc(C)c(Br)c(C)c1. The molecule has 0 heterocycles. The molecule has 0 spiro atoms. The number of halogens is 1. The normalized spacial score (nSPS) is 10.2. The van der Waals surface area contributed by atoms with Gasteiger partial charge in [-0.3, -0.25) is 4.79 Å². The molecule has 0 aliphatic rings. The van der Waals surface area contributed by atoms with Crippen molar-refractivity contribution in [2.45, 2.75) is 13.8 Å². The summed E-state index contributed by atoms with van der Waals surface area (Å²) in [5.41, 5.74) is 2.96. The largest absolute Gasteiger partial charge is 0.496 e. The number of nitrogens with one attached hydrogen (secondary N) is 1. The van der Waals surface area contributed by atoms with Gasteiger partial charge in [-0.1, -0.05) is 28.1 Å². The summed E-state index contributed by atoms with van der Waals surface area (Å²) in [7, 11) is 1.47. The number of hydrogen-bond donors (Lipinski definition) is 1. The zero-order valence-corrected chi connectivity index (χ0v) is 15.3. The van der Waals surface area contributed by atoms with E-state index in [-0.39, 0.29) is 12.2 Å². The van der Waals surface area contributed by atoms with Gasteiger partial charge in [0.05, 0.1) is 7.11 Å². The number of ether oxygens (including phenoxy) is 2. The third kappa shape index (κ3) is 4.35. The van der Waals surface area contributed by atoms with Gasteiger partial charge in [-0.15, -0.1) is 0 Å². The topological polar surface area (TPSA) is 64.6 Å². The van der Waals surface area contributed by atoms with Crippen LogP contribution in [0.2, 0.25) is 0 Å². The molecule has 0 atom stereocenters. The molecule has 0 fully saturated rings. The molecule has 5 nitrogen and oxygen atoms in total. The average molecular weight is 392 g/mol. The first-order chi connectivity index (χ1) is 11.4. The van der Waals surface area contributed by atoms with Crippen LogP contribution in [0.5, 0.6) is 5.75 Å². The van der Waals surface area contributed by atoms with Crippen molar-refractivity contribution in [3.8, 4) is 5.75 Å². The van der Waals surface area contributed by atoms with Crippen molar-refractivity contribution in [2.75, 3.05) is 19.0 Å². The number of carbonyl (C=O) groups is 2. The molecule has 24 heavy (non-hydrogen) atoms. The lowest BCUT2D eigenvalue weighted by molar-refractivity contribution is -0.119. The highest BCUT2D eigenvalue weighted by molar-refractivity contribution is 9.10. The number of hydrogen-bond acceptors (Lipinski definition) is 4. The molecule has 0 aromatic heterocycles. The molecule has 0 bridgehead atoms. The number of anilines is 1. The third-order valence-corrected chi connectivity index (χ3v) is 4.63. The fourth-order valence-corrected chi connectivity index (χ4v) is 2.47. The minimum Gasteiger partial charge on any atom is -0.496 e. The second kappa shape index (κ2) is 7.97. The Labute approximate surface area is 149 Å². The lowest BCUT2D eigenvalue weighted by Gasteiger charge is -2.11. The maximum Gasteiger partial charge on any atom is 0.342 e. The molecule has 0 radical (unpaired) electrons. The quantitative estimate of drug-likeness (QED) is 0.785. The van der Waals surface area contributed by atoms with Crippen molar-refractivity contribution in [1.29, 1.82) is 0 Å². The zero-order valence-electron chi connectivity index (χ0n) is 13.7. The molecule has 2 aromatic carbocycles. The van der Waals surface area contributed by atoms with Gasteiger partial charge in [0.2, 0.25) is 0 Å². The van der Waals surface area contributed by atoms with E-state index < -0.39 is 11.9 Å². The van der Waals surface area contributed by atoms with Crippen LogP contribution in [0.3, 0.4) is 0 Å². The Morgan fingerprint density at radius 2 is 1.75 bits per heavy atom. The molecule has 0 saturated carbocycles. The van der Waals surface area contributed by atoms with Crippen LogP contribution in [0, 0.1) is 13.8 Å². The Kier molecular flexibility index (Phi) is 5.98. The maximum atomic E-state index is 12.0. The van der Waals surface area contributed by atoms with E-state index in [9.17, 15) is 9.59 Å². The third-order valence-electron chi connectivity index (χ3n) is 3.38. The highest BCUT2D eigenvalue weighted by Gasteiger charge is 2.15. The van der Waals surface area contributed by atoms with Crippen LogP contribution in [0.1, 0.15) is 21.5 Å². The molecule has 2 aromatic rings. The van der Waals surface area contributed by atoms with Gasteiger partial charge >= 0.3 is 5.97 Å². The number of esters is 1. The standard InChI is InChI=1S/C18H18BrNO4/c1-11-8-13(9-12(2)17(11)19)20-16(21)10-24-18(22)14-6-4-5-7-15(14)23-3/h4-9H,10H2,1-3H3,(H,20,21). The van der Waals surface area contributed by atoms with Crippen LogP contribution in [-0.2, 0) is 9.53 Å². The van der Waals surface area contributed by atoms with Gasteiger partial charge in [0.15, 0.2) is 6.61 Å². The summed E-state index contributed by atoms with van der Waals surface area (Å²) < 4.78 is 11.2. The number of rotatable bonds is 5. The van der Waals surface area contributed by atoms with Gasteiger partial charge in [-0.25, -0.2) is 4.79 Å². The Hall–Kier alpha value is -2.34. The summed E-state index contributed by atoms with van der Waals surface area (Å²) in [6, 6.07) is 10.4. The molecule has 6 heteroatoms. The zero-order chi connectivity index (χ0) is 17.7. The van der Waals surface area contributed by atoms with Crippen LogP contribution < -0.4 is 10.1 Å². The smallest absolute Gasteiger partial charge is 0.342 e. The molecule has 1 amide bonds. The first-order valence-electron chi connectivity index (χ1n) is 7.29. The minimum atomic E-state index is -0.606. The molecular weight excluding hydrogens is 374 g/mol. The van der Waals surface area contributed by atoms with Crippen LogP contribution in [-0.4, -0.2) is 25.6 Å². The maximum absolute atomic E-state index is 12.0. The molecule has 0 aliphatic heterocycles. The number of amides is 1. The summed E-state index contributed by atoms with van der Waals surface area (Å²) >= 11 is 3.47. The van der Waals surface area contributed by atoms with Gasteiger partial charge in [0.1, 0.15) is 11.3 Å². The molecule has 126 valence electrons. The monoisotopic (exact) mass is 391 g/mol. The fourth-order valence-electron chi connectivity index (χ4n) is 2.24. The number of benzene rings is 2. The van der Waals surface area contributed by atoms with Crippen LogP contribution >= 0.6 is 15.9 Å². The van der Waals surface area contributed by atoms with Crippen LogP contribution in [0.4, 0.5) is 5.69 Å². The molecule has 0 unspecified atom stereocenters. The van der Waals surface area contributed by atoms with Crippen molar-refractivity contribution in [1.82, 2.24) is 0 Å². The van der Waals surface area contributed by atoms with Gasteiger partial charge in [0, 0.05) is 10.2 Å². The van der Waals surface area contributed by atoms with Crippen LogP contribution in [0.25, 0.3) is 0 Å². The predicted molar refractivity (Wildman–Crippen MR) is 95.5 cm³/mol. The number of para-hydroxylation sites is 1. The predicted octanol–water partition coefficient (Wildman–Crippen LogP) is 3.87. The van der Waals surface area contributed by atoms with E-state index >= 15 is 0 Å².